The number of anilines is 1. The summed E-state index contributed by atoms with van der Waals surface area (Å²) in [5, 5.41) is 14.9. The van der Waals surface area contributed by atoms with Crippen molar-refractivity contribution in [2.75, 3.05) is 38.0 Å². The van der Waals surface area contributed by atoms with Crippen LogP contribution in [0.5, 0.6) is 0 Å². The fourth-order valence-corrected chi connectivity index (χ4v) is 3.84. The van der Waals surface area contributed by atoms with E-state index in [0.717, 1.165) is 57.6 Å². The Labute approximate surface area is 147 Å². The van der Waals surface area contributed by atoms with Crippen LogP contribution < -0.4 is 10.6 Å². The number of aliphatic carboxylic acids is 1. The molecular weight excluding hydrogens is 322 g/mol. The van der Waals surface area contributed by atoms with Crippen molar-refractivity contribution < 1.29 is 14.7 Å². The molecule has 2 aliphatic rings. The molecule has 8 nitrogen and oxygen atoms in total. The number of hydrogen-bond donors (Lipinski definition) is 3. The number of carbonyl (C=O) groups is 2. The minimum atomic E-state index is -0.743. The van der Waals surface area contributed by atoms with E-state index in [1.54, 1.807) is 0 Å². The van der Waals surface area contributed by atoms with Crippen molar-refractivity contribution in [1.29, 1.82) is 0 Å². The van der Waals surface area contributed by atoms with E-state index in [1.165, 1.54) is 0 Å². The number of likely N-dealkylation sites (tertiary alicyclic amines) is 1. The normalized spacial score (nSPS) is 20.5. The SMILES string of the molecule is O=CNc1nc(C2CCN(CCC(=O)O)CC2)cn1C1CCNCC1. The zero-order valence-electron chi connectivity index (χ0n) is 14.5. The van der Waals surface area contributed by atoms with Crippen molar-refractivity contribution in [3.8, 4) is 0 Å². The summed E-state index contributed by atoms with van der Waals surface area (Å²) in [6, 6.07) is 0.376. The molecule has 8 heteroatoms. The first-order valence-electron chi connectivity index (χ1n) is 9.11. The molecule has 0 bridgehead atoms. The van der Waals surface area contributed by atoms with E-state index < -0.39 is 5.97 Å². The largest absolute Gasteiger partial charge is 0.481 e. The first-order chi connectivity index (χ1) is 12.2. The van der Waals surface area contributed by atoms with Crippen LogP contribution in [-0.2, 0) is 9.59 Å². The average Bonchev–Trinajstić information content (AvgIpc) is 3.05. The van der Waals surface area contributed by atoms with Crippen LogP contribution in [-0.4, -0.2) is 64.7 Å². The Kier molecular flexibility index (Phi) is 6.04. The second-order valence-electron chi connectivity index (χ2n) is 6.90. The van der Waals surface area contributed by atoms with E-state index in [-0.39, 0.29) is 6.42 Å². The molecule has 138 valence electrons. The Morgan fingerprint density at radius 2 is 2.04 bits per heavy atom. The Bertz CT molecular complexity index is 589. The van der Waals surface area contributed by atoms with Gasteiger partial charge in [0, 0.05) is 24.7 Å². The van der Waals surface area contributed by atoms with Gasteiger partial charge in [0.1, 0.15) is 0 Å². The molecule has 1 aromatic rings. The van der Waals surface area contributed by atoms with Crippen molar-refractivity contribution in [2.45, 2.75) is 44.1 Å². The highest BCUT2D eigenvalue weighted by Crippen LogP contribution is 2.31. The molecule has 0 aromatic carbocycles. The molecule has 3 rings (SSSR count). The molecule has 0 spiro atoms. The number of nitrogens with one attached hydrogen (secondary N) is 2. The van der Waals surface area contributed by atoms with Crippen molar-refractivity contribution in [2.24, 2.45) is 0 Å². The van der Waals surface area contributed by atoms with Gasteiger partial charge in [-0.2, -0.15) is 0 Å². The Morgan fingerprint density at radius 1 is 1.32 bits per heavy atom. The molecule has 2 aliphatic heterocycles. The molecule has 3 N–H and O–H groups in total. The summed E-state index contributed by atoms with van der Waals surface area (Å²) in [4.78, 5) is 28.5. The van der Waals surface area contributed by atoms with Gasteiger partial charge < -0.3 is 19.9 Å². The molecule has 1 amide bonds. The van der Waals surface area contributed by atoms with Gasteiger partial charge in [0.15, 0.2) is 0 Å². The third-order valence-electron chi connectivity index (χ3n) is 5.29. The van der Waals surface area contributed by atoms with Crippen LogP contribution in [0.25, 0.3) is 0 Å². The molecule has 3 heterocycles. The van der Waals surface area contributed by atoms with Gasteiger partial charge in [0.25, 0.3) is 0 Å². The second kappa shape index (κ2) is 8.44. The van der Waals surface area contributed by atoms with Crippen molar-refractivity contribution in [3.63, 3.8) is 0 Å². The van der Waals surface area contributed by atoms with E-state index in [9.17, 15) is 9.59 Å². The van der Waals surface area contributed by atoms with Crippen LogP contribution in [0.4, 0.5) is 5.95 Å². The van der Waals surface area contributed by atoms with Crippen LogP contribution in [0.2, 0.25) is 0 Å². The van der Waals surface area contributed by atoms with Crippen LogP contribution >= 0.6 is 0 Å². The van der Waals surface area contributed by atoms with Gasteiger partial charge in [-0.25, -0.2) is 4.98 Å². The van der Waals surface area contributed by atoms with Gasteiger partial charge in [0.2, 0.25) is 12.4 Å². The zero-order chi connectivity index (χ0) is 17.6. The third kappa shape index (κ3) is 4.58. The smallest absolute Gasteiger partial charge is 0.304 e. The average molecular weight is 349 g/mol. The predicted octanol–water partition coefficient (Wildman–Crippen LogP) is 1.03. The first kappa shape index (κ1) is 17.9. The number of aromatic nitrogens is 2. The number of imidazole rings is 1. The quantitative estimate of drug-likeness (QED) is 0.636. The number of rotatable bonds is 7. The number of hydrogen-bond acceptors (Lipinski definition) is 5. The lowest BCUT2D eigenvalue weighted by Crippen LogP contribution is -2.34. The zero-order valence-corrected chi connectivity index (χ0v) is 14.5. The van der Waals surface area contributed by atoms with Crippen LogP contribution in [0.15, 0.2) is 6.20 Å². The summed E-state index contributed by atoms with van der Waals surface area (Å²) in [7, 11) is 0. The molecule has 2 saturated heterocycles. The van der Waals surface area contributed by atoms with Gasteiger partial charge in [-0.15, -0.1) is 0 Å². The molecule has 2 fully saturated rings. The fraction of sp³-hybridized carbons (Fsp3) is 0.706. The van der Waals surface area contributed by atoms with Crippen molar-refractivity contribution in [1.82, 2.24) is 19.8 Å². The fourth-order valence-electron chi connectivity index (χ4n) is 3.84. The maximum atomic E-state index is 10.9. The summed E-state index contributed by atoms with van der Waals surface area (Å²) < 4.78 is 2.13. The highest BCUT2D eigenvalue weighted by atomic mass is 16.4. The summed E-state index contributed by atoms with van der Waals surface area (Å²) in [5.74, 6) is 0.272. The Hall–Kier alpha value is -1.93. The maximum absolute atomic E-state index is 10.9. The number of nitrogens with zero attached hydrogens (tertiary/aromatic N) is 3. The van der Waals surface area contributed by atoms with Crippen molar-refractivity contribution in [3.05, 3.63) is 11.9 Å². The van der Waals surface area contributed by atoms with E-state index in [0.29, 0.717) is 30.9 Å². The van der Waals surface area contributed by atoms with E-state index in [1.807, 2.05) is 0 Å². The number of carboxylic acids is 1. The van der Waals surface area contributed by atoms with E-state index in [2.05, 4.69) is 31.3 Å². The third-order valence-corrected chi connectivity index (χ3v) is 5.29. The number of amides is 1. The highest BCUT2D eigenvalue weighted by Gasteiger charge is 2.26. The predicted molar refractivity (Wildman–Crippen MR) is 93.7 cm³/mol. The summed E-state index contributed by atoms with van der Waals surface area (Å²) in [6.07, 6.45) is 7.03. The van der Waals surface area contributed by atoms with Gasteiger partial charge in [-0.05, 0) is 51.9 Å². The second-order valence-corrected chi connectivity index (χ2v) is 6.90. The van der Waals surface area contributed by atoms with Crippen LogP contribution in [0, 0.1) is 0 Å². The minimum absolute atomic E-state index is 0.197. The molecule has 0 radical (unpaired) electrons. The van der Waals surface area contributed by atoms with Gasteiger partial charge in [0.05, 0.1) is 12.1 Å². The number of piperidine rings is 2. The summed E-state index contributed by atoms with van der Waals surface area (Å²) in [5.41, 5.74) is 1.04. The molecule has 25 heavy (non-hydrogen) atoms. The molecule has 0 unspecified atom stereocenters. The Balaban J connectivity index is 1.64. The number of carboxylic acid groups (broad SMARTS) is 1. The first-order valence-corrected chi connectivity index (χ1v) is 9.11. The molecule has 0 saturated carbocycles. The monoisotopic (exact) mass is 349 g/mol. The highest BCUT2D eigenvalue weighted by molar-refractivity contribution is 5.67. The lowest BCUT2D eigenvalue weighted by Gasteiger charge is -2.30. The lowest BCUT2D eigenvalue weighted by molar-refractivity contribution is -0.137. The molecular formula is C17H27N5O3. The van der Waals surface area contributed by atoms with E-state index >= 15 is 0 Å². The van der Waals surface area contributed by atoms with Crippen LogP contribution in [0.1, 0.15) is 49.8 Å². The van der Waals surface area contributed by atoms with E-state index in [4.69, 9.17) is 5.11 Å². The van der Waals surface area contributed by atoms with Crippen molar-refractivity contribution >= 4 is 18.3 Å². The maximum Gasteiger partial charge on any atom is 0.304 e. The lowest BCUT2D eigenvalue weighted by atomic mass is 9.94. The molecule has 0 atom stereocenters. The van der Waals surface area contributed by atoms with Crippen LogP contribution in [0.3, 0.4) is 0 Å². The van der Waals surface area contributed by atoms with Gasteiger partial charge >= 0.3 is 5.97 Å². The Morgan fingerprint density at radius 3 is 2.68 bits per heavy atom. The number of carbonyl (C=O) groups excluding carboxylic acids is 1. The molecule has 0 aliphatic carbocycles. The van der Waals surface area contributed by atoms with Gasteiger partial charge in [-0.3, -0.25) is 14.9 Å². The molecule has 1 aromatic heterocycles. The summed E-state index contributed by atoms with van der Waals surface area (Å²) in [6.45, 7) is 4.38. The topological polar surface area (TPSA) is 99.5 Å². The minimum Gasteiger partial charge on any atom is -0.481 e. The summed E-state index contributed by atoms with van der Waals surface area (Å²) >= 11 is 0. The van der Waals surface area contributed by atoms with Gasteiger partial charge in [-0.1, -0.05) is 0 Å². The standard InChI is InChI=1S/C17H27N5O3/c23-12-19-17-20-15(11-22(17)14-1-6-18-7-2-14)13-3-8-21(9-4-13)10-5-16(24)25/h11-14,18H,1-10H2,(H,24,25)(H,19,20,23).